The molecular weight excluding hydrogens is 204 g/mol. The molecule has 2 heteroatoms. The Hall–Kier alpha value is -0.630. The van der Waals surface area contributed by atoms with Crippen LogP contribution in [0.5, 0.6) is 0 Å². The summed E-state index contributed by atoms with van der Waals surface area (Å²) < 4.78 is 1.04. The Morgan fingerprint density at radius 3 is 2.73 bits per heavy atom. The van der Waals surface area contributed by atoms with Crippen molar-refractivity contribution < 1.29 is 4.79 Å². The highest BCUT2D eigenvalue weighted by molar-refractivity contribution is 9.10. The van der Waals surface area contributed by atoms with Crippen LogP contribution in [0.3, 0.4) is 0 Å². The van der Waals surface area contributed by atoms with Crippen LogP contribution in [-0.2, 0) is 11.2 Å². The van der Waals surface area contributed by atoms with Crippen LogP contribution >= 0.6 is 15.9 Å². The van der Waals surface area contributed by atoms with Crippen LogP contribution in [0.1, 0.15) is 11.1 Å². The van der Waals surface area contributed by atoms with E-state index < -0.39 is 0 Å². The van der Waals surface area contributed by atoms with Gasteiger partial charge in [0.15, 0.2) is 0 Å². The van der Waals surface area contributed by atoms with Crippen molar-refractivity contribution in [3.63, 3.8) is 0 Å². The highest BCUT2D eigenvalue weighted by atomic mass is 79.9. The van der Waals surface area contributed by atoms with Gasteiger partial charge in [-0.3, -0.25) is 0 Å². The monoisotopic (exact) mass is 212 g/mol. The molecule has 58 valence electrons. The van der Waals surface area contributed by atoms with Crippen LogP contribution in [0.2, 0.25) is 0 Å². The second-order valence-corrected chi connectivity index (χ2v) is 3.42. The van der Waals surface area contributed by atoms with E-state index in [1.54, 1.807) is 0 Å². The number of rotatable bonds is 2. The summed E-state index contributed by atoms with van der Waals surface area (Å²) in [7, 11) is 0. The Morgan fingerprint density at radius 2 is 2.18 bits per heavy atom. The molecule has 0 aliphatic rings. The van der Waals surface area contributed by atoms with Crippen molar-refractivity contribution >= 4 is 22.2 Å². The van der Waals surface area contributed by atoms with Crippen LogP contribution in [0.15, 0.2) is 22.7 Å². The molecule has 0 amide bonds. The molecule has 0 spiro atoms. The molecule has 1 rings (SSSR count). The zero-order chi connectivity index (χ0) is 8.27. The van der Waals surface area contributed by atoms with E-state index in [0.29, 0.717) is 6.42 Å². The Balaban J connectivity index is 2.98. The van der Waals surface area contributed by atoms with Crippen molar-refractivity contribution in [3.05, 3.63) is 33.8 Å². The largest absolute Gasteiger partial charge is 0.303 e. The summed E-state index contributed by atoms with van der Waals surface area (Å²) in [5.74, 6) is 0. The highest BCUT2D eigenvalue weighted by Gasteiger charge is 1.94. The molecule has 0 heterocycles. The molecule has 1 nitrogen and oxygen atoms in total. The van der Waals surface area contributed by atoms with Crippen LogP contribution in [0.25, 0.3) is 0 Å². The summed E-state index contributed by atoms with van der Waals surface area (Å²) in [6, 6.07) is 5.99. The standard InChI is InChI=1S/C9H9BrO/c1-7-4-8(2-3-11)6-9(10)5-7/h3-6H,2H2,1H3. The SMILES string of the molecule is Cc1cc(Br)cc(CC=O)c1. The van der Waals surface area contributed by atoms with E-state index in [-0.39, 0.29) is 0 Å². The first-order valence-corrected chi connectivity index (χ1v) is 4.21. The van der Waals surface area contributed by atoms with E-state index in [4.69, 9.17) is 0 Å². The predicted molar refractivity (Wildman–Crippen MR) is 48.6 cm³/mol. The van der Waals surface area contributed by atoms with Gasteiger partial charge in [0.1, 0.15) is 6.29 Å². The molecule has 0 saturated carbocycles. The van der Waals surface area contributed by atoms with Crippen molar-refractivity contribution in [2.24, 2.45) is 0 Å². The summed E-state index contributed by atoms with van der Waals surface area (Å²) in [6.45, 7) is 2.01. The number of carbonyl (C=O) groups is 1. The van der Waals surface area contributed by atoms with E-state index in [9.17, 15) is 4.79 Å². The molecule has 0 saturated heterocycles. The fourth-order valence-corrected chi connectivity index (χ4v) is 1.68. The lowest BCUT2D eigenvalue weighted by Crippen LogP contribution is -1.86. The number of halogens is 1. The second kappa shape index (κ2) is 3.67. The third-order valence-electron chi connectivity index (χ3n) is 1.42. The first kappa shape index (κ1) is 8.47. The molecule has 0 N–H and O–H groups in total. The third-order valence-corrected chi connectivity index (χ3v) is 1.88. The molecule has 1 aromatic carbocycles. The first-order valence-electron chi connectivity index (χ1n) is 3.42. The summed E-state index contributed by atoms with van der Waals surface area (Å²) >= 11 is 3.37. The number of benzene rings is 1. The molecule has 0 bridgehead atoms. The molecule has 0 aliphatic heterocycles. The summed E-state index contributed by atoms with van der Waals surface area (Å²) in [4.78, 5) is 10.2. The smallest absolute Gasteiger partial charge is 0.124 e. The predicted octanol–water partition coefficient (Wildman–Crippen LogP) is 2.50. The quantitative estimate of drug-likeness (QED) is 0.689. The van der Waals surface area contributed by atoms with Crippen LogP contribution in [0.4, 0.5) is 0 Å². The Kier molecular flexibility index (Phi) is 2.83. The minimum Gasteiger partial charge on any atom is -0.303 e. The van der Waals surface area contributed by atoms with Crippen molar-refractivity contribution in [2.75, 3.05) is 0 Å². The zero-order valence-electron chi connectivity index (χ0n) is 6.30. The minimum absolute atomic E-state index is 0.500. The maximum Gasteiger partial charge on any atom is 0.124 e. The Morgan fingerprint density at radius 1 is 1.45 bits per heavy atom. The Bertz CT molecular complexity index is 248. The van der Waals surface area contributed by atoms with E-state index in [1.165, 1.54) is 5.56 Å². The average Bonchev–Trinajstić information content (AvgIpc) is 1.85. The van der Waals surface area contributed by atoms with Crippen LogP contribution < -0.4 is 0 Å². The normalized spacial score (nSPS) is 9.64. The third kappa shape index (κ3) is 2.46. The second-order valence-electron chi connectivity index (χ2n) is 2.51. The van der Waals surface area contributed by atoms with Crippen molar-refractivity contribution in [1.82, 2.24) is 0 Å². The summed E-state index contributed by atoms with van der Waals surface area (Å²) in [6.07, 6.45) is 1.42. The first-order chi connectivity index (χ1) is 5.22. The number of hydrogen-bond donors (Lipinski definition) is 0. The minimum atomic E-state index is 0.500. The molecule has 0 aromatic heterocycles. The van der Waals surface area contributed by atoms with Crippen LogP contribution in [-0.4, -0.2) is 6.29 Å². The van der Waals surface area contributed by atoms with E-state index in [0.717, 1.165) is 16.3 Å². The van der Waals surface area contributed by atoms with Gasteiger partial charge in [0.2, 0.25) is 0 Å². The number of aryl methyl sites for hydroxylation is 1. The molecule has 0 unspecified atom stereocenters. The van der Waals surface area contributed by atoms with Gasteiger partial charge < -0.3 is 4.79 Å². The van der Waals surface area contributed by atoms with Crippen molar-refractivity contribution in [3.8, 4) is 0 Å². The molecule has 0 atom stereocenters. The summed E-state index contributed by atoms with van der Waals surface area (Å²) in [5.41, 5.74) is 2.24. The molecule has 0 aliphatic carbocycles. The average molecular weight is 213 g/mol. The van der Waals surface area contributed by atoms with E-state index >= 15 is 0 Å². The zero-order valence-corrected chi connectivity index (χ0v) is 7.89. The molecular formula is C9H9BrO. The highest BCUT2D eigenvalue weighted by Crippen LogP contribution is 2.14. The number of carbonyl (C=O) groups excluding carboxylic acids is 1. The van der Waals surface area contributed by atoms with Gasteiger partial charge in [-0.05, 0) is 30.2 Å². The van der Waals surface area contributed by atoms with Gasteiger partial charge in [-0.25, -0.2) is 0 Å². The van der Waals surface area contributed by atoms with E-state index in [2.05, 4.69) is 15.9 Å². The molecule has 0 fully saturated rings. The maximum atomic E-state index is 10.2. The lowest BCUT2D eigenvalue weighted by Gasteiger charge is -1.98. The van der Waals surface area contributed by atoms with Crippen molar-refractivity contribution in [2.45, 2.75) is 13.3 Å². The van der Waals surface area contributed by atoms with Gasteiger partial charge in [0.05, 0.1) is 0 Å². The van der Waals surface area contributed by atoms with Gasteiger partial charge >= 0.3 is 0 Å². The summed E-state index contributed by atoms with van der Waals surface area (Å²) in [5, 5.41) is 0. The topological polar surface area (TPSA) is 17.1 Å². The number of hydrogen-bond acceptors (Lipinski definition) is 1. The van der Waals surface area contributed by atoms with Gasteiger partial charge in [-0.15, -0.1) is 0 Å². The lowest BCUT2D eigenvalue weighted by molar-refractivity contribution is -0.107. The van der Waals surface area contributed by atoms with Gasteiger partial charge in [0.25, 0.3) is 0 Å². The number of aldehydes is 1. The Labute approximate surface area is 74.6 Å². The van der Waals surface area contributed by atoms with E-state index in [1.807, 2.05) is 25.1 Å². The fourth-order valence-electron chi connectivity index (χ4n) is 1.03. The molecule has 11 heavy (non-hydrogen) atoms. The van der Waals surface area contributed by atoms with Crippen molar-refractivity contribution in [1.29, 1.82) is 0 Å². The van der Waals surface area contributed by atoms with Crippen LogP contribution in [0, 0.1) is 6.92 Å². The fraction of sp³-hybridized carbons (Fsp3) is 0.222. The van der Waals surface area contributed by atoms with Gasteiger partial charge in [-0.1, -0.05) is 22.0 Å². The molecule has 1 aromatic rings. The lowest BCUT2D eigenvalue weighted by atomic mass is 10.1. The van der Waals surface area contributed by atoms with Gasteiger partial charge in [-0.2, -0.15) is 0 Å². The maximum absolute atomic E-state index is 10.2. The van der Waals surface area contributed by atoms with Gasteiger partial charge in [0, 0.05) is 10.9 Å². The molecule has 0 radical (unpaired) electrons.